The highest BCUT2D eigenvalue weighted by atomic mass is 19.4. The van der Waals surface area contributed by atoms with Crippen molar-refractivity contribution < 1.29 is 13.2 Å². The molecular formula is C18H18F3N5. The topological polar surface area (TPSA) is 46.8 Å². The lowest BCUT2D eigenvalue weighted by Gasteiger charge is -2.18. The second kappa shape index (κ2) is 7.15. The lowest BCUT2D eigenvalue weighted by molar-refractivity contribution is -0.141. The Balaban J connectivity index is 1.97. The highest BCUT2D eigenvalue weighted by Gasteiger charge is 2.34. The third-order valence-corrected chi connectivity index (χ3v) is 3.83. The van der Waals surface area contributed by atoms with E-state index in [1.165, 1.54) is 0 Å². The van der Waals surface area contributed by atoms with E-state index < -0.39 is 11.9 Å². The van der Waals surface area contributed by atoms with Crippen LogP contribution in [0.15, 0.2) is 48.7 Å². The molecule has 0 bridgehead atoms. The summed E-state index contributed by atoms with van der Waals surface area (Å²) in [6.07, 6.45) is -2.72. The normalized spacial score (nSPS) is 11.6. The Morgan fingerprint density at radius 1 is 1.08 bits per heavy atom. The van der Waals surface area contributed by atoms with Gasteiger partial charge < -0.3 is 4.90 Å². The molecule has 0 radical (unpaired) electrons. The molecule has 5 nitrogen and oxygen atoms in total. The van der Waals surface area contributed by atoms with Crippen molar-refractivity contribution in [1.82, 2.24) is 19.7 Å². The van der Waals surface area contributed by atoms with E-state index in [9.17, 15) is 13.2 Å². The average molecular weight is 361 g/mol. The van der Waals surface area contributed by atoms with Gasteiger partial charge in [0.15, 0.2) is 5.69 Å². The van der Waals surface area contributed by atoms with Crippen molar-refractivity contribution in [3.63, 3.8) is 0 Å². The van der Waals surface area contributed by atoms with Gasteiger partial charge in [0.2, 0.25) is 5.95 Å². The summed E-state index contributed by atoms with van der Waals surface area (Å²) in [6, 6.07) is 11.5. The molecule has 3 rings (SSSR count). The Morgan fingerprint density at radius 3 is 2.42 bits per heavy atom. The SMILES string of the molecule is CCn1ccc(CN(C)c2nc(-c3ccccc3)cc(C(F)(F)F)n2)n1. The van der Waals surface area contributed by atoms with Gasteiger partial charge in [0.25, 0.3) is 0 Å². The van der Waals surface area contributed by atoms with Gasteiger partial charge in [-0.25, -0.2) is 9.97 Å². The van der Waals surface area contributed by atoms with Crippen LogP contribution in [-0.2, 0) is 19.3 Å². The molecular weight excluding hydrogens is 343 g/mol. The molecule has 2 aromatic heterocycles. The smallest absolute Gasteiger partial charge is 0.338 e. The summed E-state index contributed by atoms with van der Waals surface area (Å²) in [7, 11) is 1.65. The number of halogens is 3. The van der Waals surface area contributed by atoms with Gasteiger partial charge >= 0.3 is 6.18 Å². The average Bonchev–Trinajstić information content (AvgIpc) is 3.09. The first-order chi connectivity index (χ1) is 12.4. The number of aryl methyl sites for hydroxylation is 1. The molecule has 0 aliphatic carbocycles. The number of aromatic nitrogens is 4. The highest BCUT2D eigenvalue weighted by molar-refractivity contribution is 5.61. The minimum Gasteiger partial charge on any atom is -0.338 e. The maximum atomic E-state index is 13.3. The second-order valence-corrected chi connectivity index (χ2v) is 5.82. The van der Waals surface area contributed by atoms with Crippen LogP contribution in [0, 0.1) is 0 Å². The van der Waals surface area contributed by atoms with Crippen LogP contribution in [0.2, 0.25) is 0 Å². The van der Waals surface area contributed by atoms with Crippen LogP contribution >= 0.6 is 0 Å². The summed E-state index contributed by atoms with van der Waals surface area (Å²) in [5, 5.41) is 4.34. The zero-order chi connectivity index (χ0) is 18.7. The van der Waals surface area contributed by atoms with E-state index in [1.54, 1.807) is 47.0 Å². The summed E-state index contributed by atoms with van der Waals surface area (Å²) in [4.78, 5) is 9.59. The van der Waals surface area contributed by atoms with Crippen molar-refractivity contribution in [2.45, 2.75) is 26.2 Å². The molecule has 3 aromatic rings. The number of hydrogen-bond acceptors (Lipinski definition) is 4. The lowest BCUT2D eigenvalue weighted by Crippen LogP contribution is -2.22. The van der Waals surface area contributed by atoms with E-state index in [-0.39, 0.29) is 11.6 Å². The van der Waals surface area contributed by atoms with E-state index in [1.807, 2.05) is 19.2 Å². The monoisotopic (exact) mass is 361 g/mol. The summed E-state index contributed by atoms with van der Waals surface area (Å²) >= 11 is 0. The molecule has 0 fully saturated rings. The Bertz CT molecular complexity index is 874. The van der Waals surface area contributed by atoms with E-state index >= 15 is 0 Å². The van der Waals surface area contributed by atoms with Gasteiger partial charge in [-0.3, -0.25) is 4.68 Å². The predicted octanol–water partition coefficient (Wildman–Crippen LogP) is 4.02. The van der Waals surface area contributed by atoms with Gasteiger partial charge in [-0.2, -0.15) is 18.3 Å². The van der Waals surface area contributed by atoms with Gasteiger partial charge in [-0.1, -0.05) is 30.3 Å². The van der Waals surface area contributed by atoms with Crippen LogP contribution in [0.1, 0.15) is 18.3 Å². The second-order valence-electron chi connectivity index (χ2n) is 5.82. The molecule has 0 saturated carbocycles. The Hall–Kier alpha value is -2.90. The number of rotatable bonds is 5. The molecule has 136 valence electrons. The molecule has 1 aromatic carbocycles. The first-order valence-electron chi connectivity index (χ1n) is 8.12. The first kappa shape index (κ1) is 17.9. The van der Waals surface area contributed by atoms with Gasteiger partial charge in [0, 0.05) is 25.4 Å². The van der Waals surface area contributed by atoms with Crippen molar-refractivity contribution in [2.24, 2.45) is 0 Å². The van der Waals surface area contributed by atoms with E-state index in [0.29, 0.717) is 12.1 Å². The number of anilines is 1. The molecule has 0 saturated heterocycles. The highest BCUT2D eigenvalue weighted by Crippen LogP contribution is 2.31. The van der Waals surface area contributed by atoms with Crippen LogP contribution in [0.3, 0.4) is 0 Å². The molecule has 0 spiro atoms. The summed E-state index contributed by atoms with van der Waals surface area (Å²) in [5.74, 6) is 0.00438. The van der Waals surface area contributed by atoms with E-state index in [2.05, 4.69) is 15.1 Å². The largest absolute Gasteiger partial charge is 0.433 e. The van der Waals surface area contributed by atoms with Crippen LogP contribution in [0.4, 0.5) is 19.1 Å². The zero-order valence-corrected chi connectivity index (χ0v) is 14.4. The number of hydrogen-bond donors (Lipinski definition) is 0. The molecule has 0 aliphatic rings. The first-order valence-corrected chi connectivity index (χ1v) is 8.12. The quantitative estimate of drug-likeness (QED) is 0.689. The molecule has 0 unspecified atom stereocenters. The molecule has 0 N–H and O–H groups in total. The maximum Gasteiger partial charge on any atom is 0.433 e. The molecule has 26 heavy (non-hydrogen) atoms. The molecule has 0 atom stereocenters. The van der Waals surface area contributed by atoms with Gasteiger partial charge in [-0.15, -0.1) is 0 Å². The minimum absolute atomic E-state index is 0.00438. The number of benzene rings is 1. The Labute approximate surface area is 149 Å². The van der Waals surface area contributed by atoms with Gasteiger partial charge in [0.05, 0.1) is 17.9 Å². The molecule has 2 heterocycles. The standard InChI is InChI=1S/C18H18F3N5/c1-3-26-10-9-14(24-26)12-25(2)17-22-15(13-7-5-4-6-8-13)11-16(23-17)18(19,20)21/h4-11H,3,12H2,1-2H3. The number of nitrogens with zero attached hydrogens (tertiary/aromatic N) is 5. The van der Waals surface area contributed by atoms with Crippen LogP contribution < -0.4 is 4.90 Å². The summed E-state index contributed by atoms with van der Waals surface area (Å²) in [6.45, 7) is 2.99. The van der Waals surface area contributed by atoms with E-state index in [0.717, 1.165) is 18.3 Å². The molecule has 0 amide bonds. The lowest BCUT2D eigenvalue weighted by atomic mass is 10.1. The van der Waals surface area contributed by atoms with Crippen LogP contribution in [0.25, 0.3) is 11.3 Å². The fraction of sp³-hybridized carbons (Fsp3) is 0.278. The number of alkyl halides is 3. The van der Waals surface area contributed by atoms with Crippen molar-refractivity contribution in [3.8, 4) is 11.3 Å². The summed E-state index contributed by atoms with van der Waals surface area (Å²) in [5.41, 5.74) is 0.600. The minimum atomic E-state index is -4.55. The van der Waals surface area contributed by atoms with Crippen LogP contribution in [-0.4, -0.2) is 26.8 Å². The third-order valence-electron chi connectivity index (χ3n) is 3.83. The fourth-order valence-electron chi connectivity index (χ4n) is 2.49. The van der Waals surface area contributed by atoms with Crippen molar-refractivity contribution in [3.05, 3.63) is 60.0 Å². The van der Waals surface area contributed by atoms with Crippen molar-refractivity contribution >= 4 is 5.95 Å². The van der Waals surface area contributed by atoms with E-state index in [4.69, 9.17) is 0 Å². The van der Waals surface area contributed by atoms with Gasteiger partial charge in [0.1, 0.15) is 0 Å². The van der Waals surface area contributed by atoms with Crippen molar-refractivity contribution in [1.29, 1.82) is 0 Å². The molecule has 8 heteroatoms. The zero-order valence-electron chi connectivity index (χ0n) is 14.4. The van der Waals surface area contributed by atoms with Gasteiger partial charge in [-0.05, 0) is 19.1 Å². The maximum absolute atomic E-state index is 13.3. The summed E-state index contributed by atoms with van der Waals surface area (Å²) < 4.78 is 41.6. The van der Waals surface area contributed by atoms with Crippen molar-refractivity contribution in [2.75, 3.05) is 11.9 Å². The molecule has 0 aliphatic heterocycles. The Kier molecular flexibility index (Phi) is 4.92. The third kappa shape index (κ3) is 4.01. The fourth-order valence-corrected chi connectivity index (χ4v) is 2.49. The predicted molar refractivity (Wildman–Crippen MR) is 92.5 cm³/mol. The Morgan fingerprint density at radius 2 is 1.81 bits per heavy atom. The van der Waals surface area contributed by atoms with Crippen LogP contribution in [0.5, 0.6) is 0 Å².